The van der Waals surface area contributed by atoms with Gasteiger partial charge in [0, 0.05) is 22.1 Å². The first-order valence-corrected chi connectivity index (χ1v) is 7.83. The molecule has 5 nitrogen and oxygen atoms in total. The van der Waals surface area contributed by atoms with Crippen molar-refractivity contribution >= 4 is 11.9 Å². The van der Waals surface area contributed by atoms with E-state index in [4.69, 9.17) is 15.1 Å². The lowest BCUT2D eigenvalue weighted by atomic mass is 10.1. The molecule has 2 aromatic carbocycles. The third kappa shape index (κ3) is 2.83. The van der Waals surface area contributed by atoms with Crippen LogP contribution in [-0.2, 0) is 0 Å². The number of rotatable bonds is 3. The molecule has 130 valence electrons. The van der Waals surface area contributed by atoms with Crippen LogP contribution in [0, 0.1) is 17.1 Å². The molecule has 0 spiro atoms. The van der Waals surface area contributed by atoms with Gasteiger partial charge >= 0.3 is 5.92 Å². The van der Waals surface area contributed by atoms with E-state index < -0.39 is 23.9 Å². The molecule has 0 saturated heterocycles. The van der Waals surface area contributed by atoms with Gasteiger partial charge in [-0.15, -0.1) is 0 Å². The van der Waals surface area contributed by atoms with Crippen LogP contribution >= 0.6 is 11.9 Å². The van der Waals surface area contributed by atoms with E-state index in [1.807, 2.05) is 0 Å². The molecule has 4 N–H and O–H groups in total. The maximum Gasteiger partial charge on any atom is 0.307 e. The van der Waals surface area contributed by atoms with E-state index in [1.54, 1.807) is 6.07 Å². The Bertz CT molecular complexity index is 886. The van der Waals surface area contributed by atoms with Gasteiger partial charge in [0.1, 0.15) is 29.5 Å². The van der Waals surface area contributed by atoms with Gasteiger partial charge in [-0.05, 0) is 36.2 Å². The van der Waals surface area contributed by atoms with Crippen molar-refractivity contribution in [1.29, 1.82) is 5.26 Å². The molecule has 25 heavy (non-hydrogen) atoms. The van der Waals surface area contributed by atoms with Crippen molar-refractivity contribution in [3.05, 3.63) is 52.8 Å². The minimum Gasteiger partial charge on any atom is -0.457 e. The monoisotopic (exact) mass is 368 g/mol. The maximum absolute atomic E-state index is 14.0. The molecule has 0 fully saturated rings. The van der Waals surface area contributed by atoms with Gasteiger partial charge in [-0.1, -0.05) is 0 Å². The number of nitriles is 1. The quantitative estimate of drug-likeness (QED) is 0.720. The van der Waals surface area contributed by atoms with Gasteiger partial charge < -0.3 is 14.9 Å². The average molecular weight is 368 g/mol. The smallest absolute Gasteiger partial charge is 0.307 e. The average Bonchev–Trinajstić information content (AvgIpc) is 2.76. The van der Waals surface area contributed by atoms with E-state index in [2.05, 4.69) is 0 Å². The zero-order valence-corrected chi connectivity index (χ0v) is 13.2. The number of aliphatic hydroxyl groups excluding tert-OH is 2. The Morgan fingerprint density at radius 3 is 2.48 bits per heavy atom. The largest absolute Gasteiger partial charge is 0.457 e. The van der Waals surface area contributed by atoms with Crippen molar-refractivity contribution in [2.75, 3.05) is 0 Å². The van der Waals surface area contributed by atoms with Crippen molar-refractivity contribution < 1.29 is 28.1 Å². The summed E-state index contributed by atoms with van der Waals surface area (Å²) < 4.78 is 47.0. The van der Waals surface area contributed by atoms with Gasteiger partial charge in [-0.2, -0.15) is 5.26 Å². The predicted molar refractivity (Wildman–Crippen MR) is 82.5 cm³/mol. The molecule has 0 amide bonds. The summed E-state index contributed by atoms with van der Waals surface area (Å²) in [6.07, 6.45) is -4.57. The van der Waals surface area contributed by atoms with E-state index in [1.165, 1.54) is 18.2 Å². The molecular formula is C16H11F3N2O3S. The van der Waals surface area contributed by atoms with Gasteiger partial charge in [0.15, 0.2) is 0 Å². The number of nitrogens with two attached hydrogens (primary N) is 1. The lowest BCUT2D eigenvalue weighted by Gasteiger charge is -2.18. The zero-order valence-electron chi connectivity index (χ0n) is 12.4. The lowest BCUT2D eigenvalue weighted by Crippen LogP contribution is -2.26. The van der Waals surface area contributed by atoms with Crippen molar-refractivity contribution in [3.63, 3.8) is 0 Å². The van der Waals surface area contributed by atoms with E-state index in [-0.39, 0.29) is 33.1 Å². The Hall–Kier alpha value is -2.25. The number of hydrogen-bond acceptors (Lipinski definition) is 6. The summed E-state index contributed by atoms with van der Waals surface area (Å²) in [7, 11) is 0. The van der Waals surface area contributed by atoms with Gasteiger partial charge in [0.05, 0.1) is 11.6 Å². The van der Waals surface area contributed by atoms with Crippen LogP contribution in [0.15, 0.2) is 35.2 Å². The van der Waals surface area contributed by atoms with Crippen LogP contribution < -0.4 is 9.88 Å². The number of hydrogen-bond donors (Lipinski definition) is 3. The fourth-order valence-corrected chi connectivity index (χ4v) is 3.19. The Kier molecular flexibility index (Phi) is 4.38. The summed E-state index contributed by atoms with van der Waals surface area (Å²) in [5, 5.41) is 34.1. The minimum atomic E-state index is -3.83. The topological polar surface area (TPSA) is 99.5 Å². The molecule has 1 aliphatic rings. The van der Waals surface area contributed by atoms with Gasteiger partial charge in [0.2, 0.25) is 0 Å². The van der Waals surface area contributed by atoms with Gasteiger partial charge in [-0.25, -0.2) is 13.2 Å². The lowest BCUT2D eigenvalue weighted by molar-refractivity contribution is -0.166. The second-order valence-electron chi connectivity index (χ2n) is 5.38. The molecule has 2 atom stereocenters. The Morgan fingerprint density at radius 1 is 1.16 bits per heavy atom. The Balaban J connectivity index is 2.12. The van der Waals surface area contributed by atoms with Crippen LogP contribution in [0.2, 0.25) is 0 Å². The molecule has 2 unspecified atom stereocenters. The number of fused-ring (bicyclic) bond motifs is 1. The van der Waals surface area contributed by atoms with E-state index in [0.29, 0.717) is 11.9 Å². The first-order valence-electron chi connectivity index (χ1n) is 6.95. The Labute approximate surface area is 144 Å². The molecule has 0 saturated carbocycles. The third-order valence-electron chi connectivity index (χ3n) is 3.84. The number of aliphatic hydroxyl groups is 2. The molecular weight excluding hydrogens is 357 g/mol. The van der Waals surface area contributed by atoms with Gasteiger partial charge in [-0.3, -0.25) is 5.14 Å². The summed E-state index contributed by atoms with van der Waals surface area (Å²) in [6.45, 7) is 0. The number of alkyl halides is 2. The highest BCUT2D eigenvalue weighted by atomic mass is 32.2. The summed E-state index contributed by atoms with van der Waals surface area (Å²) in [6, 6.07) is 7.54. The summed E-state index contributed by atoms with van der Waals surface area (Å²) in [5.41, 5.74) is -0.582. The fraction of sp³-hybridized carbons (Fsp3) is 0.188. The van der Waals surface area contributed by atoms with Crippen molar-refractivity contribution in [3.8, 4) is 17.6 Å². The van der Waals surface area contributed by atoms with E-state index in [0.717, 1.165) is 12.1 Å². The highest BCUT2D eigenvalue weighted by Crippen LogP contribution is 2.55. The normalized spacial score (nSPS) is 20.8. The highest BCUT2D eigenvalue weighted by Gasteiger charge is 2.57. The fourth-order valence-electron chi connectivity index (χ4n) is 2.70. The van der Waals surface area contributed by atoms with Crippen LogP contribution in [0.1, 0.15) is 28.9 Å². The number of ether oxygens (including phenoxy) is 1. The molecule has 0 heterocycles. The first-order chi connectivity index (χ1) is 11.8. The number of benzene rings is 2. The van der Waals surface area contributed by atoms with Crippen molar-refractivity contribution in [1.82, 2.24) is 0 Å². The Morgan fingerprint density at radius 2 is 1.84 bits per heavy atom. The highest BCUT2D eigenvalue weighted by molar-refractivity contribution is 7.97. The van der Waals surface area contributed by atoms with E-state index >= 15 is 0 Å². The summed E-state index contributed by atoms with van der Waals surface area (Å²) in [4.78, 5) is 0.156. The first kappa shape index (κ1) is 17.6. The molecule has 0 radical (unpaired) electrons. The van der Waals surface area contributed by atoms with Crippen LogP contribution in [0.4, 0.5) is 13.2 Å². The molecule has 9 heteroatoms. The third-order valence-corrected chi connectivity index (χ3v) is 4.45. The number of halogens is 3. The molecule has 3 rings (SSSR count). The minimum absolute atomic E-state index is 0.0216. The molecule has 2 aromatic rings. The second-order valence-corrected chi connectivity index (χ2v) is 6.05. The van der Waals surface area contributed by atoms with Crippen molar-refractivity contribution in [2.45, 2.75) is 23.0 Å². The van der Waals surface area contributed by atoms with Crippen molar-refractivity contribution in [2.24, 2.45) is 5.14 Å². The predicted octanol–water partition coefficient (Wildman–Crippen LogP) is 3.17. The summed E-state index contributed by atoms with van der Waals surface area (Å²) in [5.74, 6) is -4.87. The maximum atomic E-state index is 14.0. The van der Waals surface area contributed by atoms with Crippen LogP contribution in [0.3, 0.4) is 0 Å². The SMILES string of the molecule is N#Cc1cc(F)cc(Oc2ccc(SN)c3c2C(O)C(F)(F)C3O)c1. The molecule has 0 bridgehead atoms. The molecule has 1 aliphatic carbocycles. The number of nitrogens with zero attached hydrogens (tertiary/aromatic N) is 1. The zero-order chi connectivity index (χ0) is 18.4. The van der Waals surface area contributed by atoms with Crippen LogP contribution in [0.25, 0.3) is 0 Å². The van der Waals surface area contributed by atoms with Crippen LogP contribution in [0.5, 0.6) is 11.5 Å². The molecule has 0 aliphatic heterocycles. The van der Waals surface area contributed by atoms with Gasteiger partial charge in [0.25, 0.3) is 0 Å². The standard InChI is InChI=1S/C16H11F3N2O3S/c17-8-3-7(6-20)4-9(5-8)24-10-1-2-11(25-21)13-12(10)14(22)16(18,19)15(13)23/h1-5,14-15,22-23H,21H2. The second kappa shape index (κ2) is 6.24. The molecule has 0 aromatic heterocycles. The summed E-state index contributed by atoms with van der Waals surface area (Å²) >= 11 is 0.641. The van der Waals surface area contributed by atoms with Crippen LogP contribution in [-0.4, -0.2) is 16.1 Å². The van der Waals surface area contributed by atoms with E-state index in [9.17, 15) is 23.4 Å².